The van der Waals surface area contributed by atoms with Gasteiger partial charge in [0, 0.05) is 46.8 Å². The Labute approximate surface area is 261 Å². The van der Waals surface area contributed by atoms with Gasteiger partial charge in [0.1, 0.15) is 12.3 Å². The van der Waals surface area contributed by atoms with Crippen molar-refractivity contribution in [2.24, 2.45) is 23.7 Å². The maximum Gasteiger partial charge on any atom is 0.318 e. The first kappa shape index (κ1) is 38.8. The molecule has 10 heteroatoms. The van der Waals surface area contributed by atoms with Gasteiger partial charge in [0.25, 0.3) is 0 Å². The molecule has 0 aromatic heterocycles. The summed E-state index contributed by atoms with van der Waals surface area (Å²) in [5, 5.41) is 3.02. The van der Waals surface area contributed by atoms with Crippen LogP contribution < -0.4 is 5.32 Å². The number of aldehydes is 1. The van der Waals surface area contributed by atoms with Crippen LogP contribution in [0.25, 0.3) is 0 Å². The van der Waals surface area contributed by atoms with Gasteiger partial charge in [0.05, 0.1) is 30.7 Å². The van der Waals surface area contributed by atoms with Crippen molar-refractivity contribution < 1.29 is 28.7 Å². The number of nitrogens with one attached hydrogen (secondary N) is 1. The van der Waals surface area contributed by atoms with Crippen LogP contribution in [0.2, 0.25) is 0 Å². The van der Waals surface area contributed by atoms with Crippen molar-refractivity contribution >= 4 is 24.1 Å². The lowest BCUT2D eigenvalue weighted by Gasteiger charge is -2.41. The van der Waals surface area contributed by atoms with Crippen LogP contribution in [0, 0.1) is 23.7 Å². The summed E-state index contributed by atoms with van der Waals surface area (Å²) >= 11 is 0. The average Bonchev–Trinajstić information content (AvgIpc) is 3.46. The van der Waals surface area contributed by atoms with E-state index in [0.717, 1.165) is 38.4 Å². The van der Waals surface area contributed by atoms with Gasteiger partial charge in [-0.05, 0) is 37.0 Å². The van der Waals surface area contributed by atoms with E-state index in [-0.39, 0.29) is 72.2 Å². The number of amides is 4. The molecule has 250 valence electrons. The molecule has 0 bridgehead atoms. The SMILES string of the molecule is CCCC(C(C)C)N(C)C(=O)N[C@H](C(=O)N(C)C(C(C)CC)C(CC(=O)N1CCCC1C(OC)C(C)C=O)OC)C(C)C. The number of carbonyl (C=O) groups excluding carboxylic acids is 4. The molecule has 1 N–H and O–H groups in total. The first-order chi connectivity index (χ1) is 20.2. The van der Waals surface area contributed by atoms with Gasteiger partial charge in [-0.2, -0.15) is 0 Å². The lowest BCUT2D eigenvalue weighted by Crippen LogP contribution is -2.59. The van der Waals surface area contributed by atoms with E-state index in [0.29, 0.717) is 6.54 Å². The monoisotopic (exact) mass is 610 g/mol. The first-order valence-corrected chi connectivity index (χ1v) is 16.3. The van der Waals surface area contributed by atoms with Crippen LogP contribution in [0.4, 0.5) is 4.79 Å². The van der Waals surface area contributed by atoms with E-state index in [2.05, 4.69) is 39.9 Å². The van der Waals surface area contributed by atoms with Crippen LogP contribution in [0.1, 0.15) is 93.9 Å². The van der Waals surface area contributed by atoms with Crippen LogP contribution in [-0.2, 0) is 23.9 Å². The summed E-state index contributed by atoms with van der Waals surface area (Å²) in [5.41, 5.74) is 0. The molecule has 10 nitrogen and oxygen atoms in total. The average molecular weight is 611 g/mol. The number of urea groups is 1. The maximum atomic E-state index is 14.1. The van der Waals surface area contributed by atoms with Gasteiger partial charge < -0.3 is 34.3 Å². The van der Waals surface area contributed by atoms with E-state index in [1.165, 1.54) is 0 Å². The number of methoxy groups -OCH3 is 2. The van der Waals surface area contributed by atoms with E-state index in [9.17, 15) is 19.2 Å². The molecule has 0 saturated carbocycles. The Morgan fingerprint density at radius 1 is 0.977 bits per heavy atom. The summed E-state index contributed by atoms with van der Waals surface area (Å²) in [6, 6.07) is -1.49. The highest BCUT2D eigenvalue weighted by Crippen LogP contribution is 2.29. The van der Waals surface area contributed by atoms with Crippen LogP contribution in [0.3, 0.4) is 0 Å². The molecule has 0 aromatic rings. The molecule has 0 aliphatic carbocycles. The van der Waals surface area contributed by atoms with Crippen molar-refractivity contribution in [3.63, 3.8) is 0 Å². The van der Waals surface area contributed by atoms with Gasteiger partial charge in [0.2, 0.25) is 11.8 Å². The van der Waals surface area contributed by atoms with E-state index in [4.69, 9.17) is 9.47 Å². The third-order valence-corrected chi connectivity index (χ3v) is 9.47. The molecule has 0 aromatic carbocycles. The Morgan fingerprint density at radius 3 is 2.07 bits per heavy atom. The van der Waals surface area contributed by atoms with Gasteiger partial charge in [-0.1, -0.05) is 68.2 Å². The van der Waals surface area contributed by atoms with Crippen molar-refractivity contribution in [3.8, 4) is 0 Å². The third kappa shape index (κ3) is 10.2. The Bertz CT molecular complexity index is 883. The summed E-state index contributed by atoms with van der Waals surface area (Å²) in [4.78, 5) is 57.9. The minimum Gasteiger partial charge on any atom is -0.379 e. The number of hydrogen-bond donors (Lipinski definition) is 1. The molecule has 1 rings (SSSR count). The number of hydrogen-bond acceptors (Lipinski definition) is 6. The van der Waals surface area contributed by atoms with Gasteiger partial charge in [-0.3, -0.25) is 9.59 Å². The zero-order valence-corrected chi connectivity index (χ0v) is 29.1. The minimum atomic E-state index is -0.732. The minimum absolute atomic E-state index is 0.0314. The fourth-order valence-corrected chi connectivity index (χ4v) is 6.65. The van der Waals surface area contributed by atoms with E-state index >= 15 is 0 Å². The van der Waals surface area contributed by atoms with E-state index in [1.54, 1.807) is 38.1 Å². The summed E-state index contributed by atoms with van der Waals surface area (Å²) < 4.78 is 11.6. The van der Waals surface area contributed by atoms with Crippen molar-refractivity contribution in [1.29, 1.82) is 0 Å². The van der Waals surface area contributed by atoms with Gasteiger partial charge in [-0.15, -0.1) is 0 Å². The number of rotatable bonds is 18. The van der Waals surface area contributed by atoms with Crippen molar-refractivity contribution in [2.45, 2.75) is 130 Å². The Hall–Kier alpha value is -2.20. The smallest absolute Gasteiger partial charge is 0.318 e. The highest BCUT2D eigenvalue weighted by Gasteiger charge is 2.42. The summed E-state index contributed by atoms with van der Waals surface area (Å²) in [5.74, 6) is -0.437. The maximum absolute atomic E-state index is 14.1. The second kappa shape index (κ2) is 18.6. The molecule has 4 amide bonds. The number of likely N-dealkylation sites (tertiary alicyclic amines) is 1. The molecule has 1 aliphatic rings. The number of ether oxygens (including phenoxy) is 2. The molecule has 0 radical (unpaired) electrons. The second-order valence-electron chi connectivity index (χ2n) is 13.2. The molecule has 1 saturated heterocycles. The molecular weight excluding hydrogens is 548 g/mol. The number of likely N-dealkylation sites (N-methyl/N-ethyl adjacent to an activating group) is 1. The van der Waals surface area contributed by atoms with Crippen LogP contribution in [0.5, 0.6) is 0 Å². The molecule has 1 fully saturated rings. The molecule has 7 unspecified atom stereocenters. The fourth-order valence-electron chi connectivity index (χ4n) is 6.65. The van der Waals surface area contributed by atoms with Crippen LogP contribution in [0.15, 0.2) is 0 Å². The van der Waals surface area contributed by atoms with Crippen molar-refractivity contribution in [2.75, 3.05) is 34.9 Å². The topological polar surface area (TPSA) is 108 Å². The summed E-state index contributed by atoms with van der Waals surface area (Å²) in [6.07, 6.45) is 4.28. The molecular formula is C33H62N4O6. The standard InChI is InChI=1S/C33H62N4O6/c1-13-16-25(21(3)4)35(9)33(41)34-29(22(5)6)32(40)36(10)30(23(7)14-2)27(42-11)19-28(39)37-18-15-17-26(37)31(43-12)24(8)20-38/h20-27,29-31H,13-19H2,1-12H3,(H,34,41)/t23?,24?,25?,26?,27?,29-,30?,31?/m0/s1. The Morgan fingerprint density at radius 2 is 1.60 bits per heavy atom. The van der Waals surface area contributed by atoms with Gasteiger partial charge in [-0.25, -0.2) is 4.79 Å². The highest BCUT2D eigenvalue weighted by molar-refractivity contribution is 5.87. The summed E-state index contributed by atoms with van der Waals surface area (Å²) in [7, 11) is 6.71. The van der Waals surface area contributed by atoms with Gasteiger partial charge in [0.15, 0.2) is 0 Å². The van der Waals surface area contributed by atoms with E-state index < -0.39 is 12.1 Å². The van der Waals surface area contributed by atoms with Gasteiger partial charge >= 0.3 is 6.03 Å². The van der Waals surface area contributed by atoms with Crippen molar-refractivity contribution in [1.82, 2.24) is 20.0 Å². The molecule has 43 heavy (non-hydrogen) atoms. The summed E-state index contributed by atoms with van der Waals surface area (Å²) in [6.45, 7) is 16.7. The third-order valence-electron chi connectivity index (χ3n) is 9.47. The quantitative estimate of drug-likeness (QED) is 0.227. The Balaban J connectivity index is 3.23. The lowest BCUT2D eigenvalue weighted by molar-refractivity contribution is -0.146. The predicted molar refractivity (Wildman–Crippen MR) is 171 cm³/mol. The fraction of sp³-hybridized carbons (Fsp3) is 0.879. The zero-order chi connectivity index (χ0) is 33.0. The predicted octanol–water partition coefficient (Wildman–Crippen LogP) is 4.60. The molecule has 1 aliphatic heterocycles. The first-order valence-electron chi connectivity index (χ1n) is 16.3. The molecule has 8 atom stereocenters. The number of carbonyl (C=O) groups is 4. The Kier molecular flexibility index (Phi) is 16.8. The second-order valence-corrected chi connectivity index (χ2v) is 13.2. The van der Waals surface area contributed by atoms with Crippen molar-refractivity contribution in [3.05, 3.63) is 0 Å². The highest BCUT2D eigenvalue weighted by atomic mass is 16.5. The lowest BCUT2D eigenvalue weighted by atomic mass is 9.89. The molecule has 0 spiro atoms. The number of nitrogens with zero attached hydrogens (tertiary/aromatic N) is 3. The van der Waals surface area contributed by atoms with Crippen LogP contribution in [-0.4, -0.2) is 110 Å². The molecule has 1 heterocycles. The van der Waals surface area contributed by atoms with E-state index in [1.807, 2.05) is 25.7 Å². The zero-order valence-electron chi connectivity index (χ0n) is 29.1. The normalized spacial score (nSPS) is 20.2. The largest absolute Gasteiger partial charge is 0.379 e. The van der Waals surface area contributed by atoms with Crippen LogP contribution >= 0.6 is 0 Å².